The van der Waals surface area contributed by atoms with Crippen LogP contribution in [0.4, 0.5) is 4.39 Å². The molecular formula is C15H16FNO2S. The monoisotopic (exact) mass is 293 g/mol. The molecule has 5 heteroatoms. The van der Waals surface area contributed by atoms with E-state index in [2.05, 4.69) is 5.32 Å². The number of nitrogens with one attached hydrogen (secondary N) is 1. The molecule has 0 fully saturated rings. The van der Waals surface area contributed by atoms with Crippen LogP contribution in [0.1, 0.15) is 25.7 Å². The van der Waals surface area contributed by atoms with Gasteiger partial charge in [-0.05, 0) is 43.2 Å². The van der Waals surface area contributed by atoms with E-state index in [9.17, 15) is 9.18 Å². The Kier molecular flexibility index (Phi) is 4.39. The van der Waals surface area contributed by atoms with Crippen LogP contribution < -0.4 is 10.1 Å². The molecule has 0 atom stereocenters. The van der Waals surface area contributed by atoms with Gasteiger partial charge in [-0.1, -0.05) is 6.07 Å². The second kappa shape index (κ2) is 6.05. The summed E-state index contributed by atoms with van der Waals surface area (Å²) in [4.78, 5) is 13.8. The summed E-state index contributed by atoms with van der Waals surface area (Å²) in [6.07, 6.45) is 0. The molecule has 2 rings (SSSR count). The zero-order valence-electron chi connectivity index (χ0n) is 11.6. The standard InChI is InChI=1S/C15H16FNO2S/c1-9-6-14(20-10(9)2)15(18)17-8-11-4-5-13(19-3)12(16)7-11/h4-7H,8H2,1-3H3,(H,17,18). The molecule has 0 bridgehead atoms. The van der Waals surface area contributed by atoms with Gasteiger partial charge in [0.05, 0.1) is 12.0 Å². The van der Waals surface area contributed by atoms with Gasteiger partial charge in [0.2, 0.25) is 0 Å². The Labute approximate surface area is 121 Å². The Hall–Kier alpha value is -1.88. The van der Waals surface area contributed by atoms with E-state index in [1.807, 2.05) is 19.9 Å². The van der Waals surface area contributed by atoms with Crippen LogP contribution in [0.15, 0.2) is 24.3 Å². The molecule has 0 aliphatic heterocycles. The molecule has 0 spiro atoms. The highest BCUT2D eigenvalue weighted by atomic mass is 32.1. The summed E-state index contributed by atoms with van der Waals surface area (Å²) in [7, 11) is 1.42. The molecule has 0 radical (unpaired) electrons. The van der Waals surface area contributed by atoms with Crippen LogP contribution in [0.3, 0.4) is 0 Å². The number of methoxy groups -OCH3 is 1. The van der Waals surface area contributed by atoms with E-state index >= 15 is 0 Å². The number of rotatable bonds is 4. The van der Waals surface area contributed by atoms with Crippen molar-refractivity contribution in [3.8, 4) is 5.75 Å². The van der Waals surface area contributed by atoms with Crippen LogP contribution in [0.25, 0.3) is 0 Å². The maximum absolute atomic E-state index is 13.5. The van der Waals surface area contributed by atoms with Crippen molar-refractivity contribution in [2.75, 3.05) is 7.11 Å². The van der Waals surface area contributed by atoms with Crippen molar-refractivity contribution in [2.45, 2.75) is 20.4 Å². The molecule has 0 saturated heterocycles. The van der Waals surface area contributed by atoms with Crippen molar-refractivity contribution in [3.63, 3.8) is 0 Å². The number of ether oxygens (including phenoxy) is 1. The van der Waals surface area contributed by atoms with Crippen molar-refractivity contribution in [1.82, 2.24) is 5.32 Å². The molecule has 1 amide bonds. The first-order valence-corrected chi connectivity index (χ1v) is 7.00. The van der Waals surface area contributed by atoms with E-state index in [4.69, 9.17) is 4.74 Å². The van der Waals surface area contributed by atoms with E-state index in [0.29, 0.717) is 10.4 Å². The molecular weight excluding hydrogens is 277 g/mol. The first-order valence-electron chi connectivity index (χ1n) is 6.19. The number of amides is 1. The van der Waals surface area contributed by atoms with Crippen molar-refractivity contribution in [3.05, 3.63) is 51.0 Å². The van der Waals surface area contributed by atoms with Gasteiger partial charge in [-0.2, -0.15) is 0 Å². The van der Waals surface area contributed by atoms with Crippen molar-refractivity contribution < 1.29 is 13.9 Å². The fourth-order valence-corrected chi connectivity index (χ4v) is 2.72. The van der Waals surface area contributed by atoms with Gasteiger partial charge in [-0.3, -0.25) is 4.79 Å². The smallest absolute Gasteiger partial charge is 0.261 e. The lowest BCUT2D eigenvalue weighted by molar-refractivity contribution is 0.0955. The van der Waals surface area contributed by atoms with Crippen molar-refractivity contribution in [2.24, 2.45) is 0 Å². The van der Waals surface area contributed by atoms with Crippen molar-refractivity contribution >= 4 is 17.2 Å². The van der Waals surface area contributed by atoms with Gasteiger partial charge in [0.1, 0.15) is 0 Å². The first kappa shape index (κ1) is 14.5. The lowest BCUT2D eigenvalue weighted by atomic mass is 10.2. The van der Waals surface area contributed by atoms with E-state index < -0.39 is 5.82 Å². The molecule has 0 unspecified atom stereocenters. The van der Waals surface area contributed by atoms with Crippen LogP contribution >= 0.6 is 11.3 Å². The third-order valence-corrected chi connectivity index (χ3v) is 4.21. The molecule has 2 aromatic rings. The van der Waals surface area contributed by atoms with E-state index in [-0.39, 0.29) is 18.2 Å². The minimum absolute atomic E-state index is 0.137. The quantitative estimate of drug-likeness (QED) is 0.937. The highest BCUT2D eigenvalue weighted by Crippen LogP contribution is 2.21. The summed E-state index contributed by atoms with van der Waals surface area (Å²) in [6.45, 7) is 4.24. The lowest BCUT2D eigenvalue weighted by Gasteiger charge is -2.06. The number of carbonyl (C=O) groups is 1. The van der Waals surface area contributed by atoms with E-state index in [1.54, 1.807) is 12.1 Å². The zero-order valence-corrected chi connectivity index (χ0v) is 12.4. The number of hydrogen-bond acceptors (Lipinski definition) is 3. The molecule has 1 aromatic carbocycles. The van der Waals surface area contributed by atoms with Gasteiger partial charge in [0.15, 0.2) is 11.6 Å². The summed E-state index contributed by atoms with van der Waals surface area (Å²) in [6, 6.07) is 6.51. The number of thiophene rings is 1. The molecule has 3 nitrogen and oxygen atoms in total. The molecule has 1 heterocycles. The average Bonchev–Trinajstić information content (AvgIpc) is 2.76. The third kappa shape index (κ3) is 3.17. The zero-order chi connectivity index (χ0) is 14.7. The number of hydrogen-bond donors (Lipinski definition) is 1. The summed E-state index contributed by atoms with van der Waals surface area (Å²) in [5, 5.41) is 2.78. The van der Waals surface area contributed by atoms with Gasteiger partial charge >= 0.3 is 0 Å². The van der Waals surface area contributed by atoms with Crippen LogP contribution in [-0.2, 0) is 6.54 Å². The van der Waals surface area contributed by atoms with Crippen LogP contribution in [0, 0.1) is 19.7 Å². The summed E-state index contributed by atoms with van der Waals surface area (Å²) in [5.41, 5.74) is 1.80. The van der Waals surface area contributed by atoms with Gasteiger partial charge in [0, 0.05) is 11.4 Å². The number of aryl methyl sites for hydroxylation is 2. The second-order valence-corrected chi connectivity index (χ2v) is 5.76. The van der Waals surface area contributed by atoms with E-state index in [0.717, 1.165) is 10.4 Å². The Balaban J connectivity index is 2.01. The predicted molar refractivity (Wildman–Crippen MR) is 77.9 cm³/mol. The summed E-state index contributed by atoms with van der Waals surface area (Å²) < 4.78 is 18.4. The van der Waals surface area contributed by atoms with Gasteiger partial charge < -0.3 is 10.1 Å². The normalized spacial score (nSPS) is 10.4. The van der Waals surface area contributed by atoms with Crippen LogP contribution in [0.5, 0.6) is 5.75 Å². The molecule has 106 valence electrons. The topological polar surface area (TPSA) is 38.3 Å². The number of carbonyl (C=O) groups excluding carboxylic acids is 1. The Bertz CT molecular complexity index is 617. The average molecular weight is 293 g/mol. The largest absolute Gasteiger partial charge is 0.494 e. The molecule has 1 aromatic heterocycles. The minimum Gasteiger partial charge on any atom is -0.494 e. The van der Waals surface area contributed by atoms with Crippen LogP contribution in [0.2, 0.25) is 0 Å². The SMILES string of the molecule is COc1ccc(CNC(=O)c2cc(C)c(C)s2)cc1F. The molecule has 0 aliphatic rings. The molecule has 0 saturated carbocycles. The maximum Gasteiger partial charge on any atom is 0.261 e. The molecule has 0 aliphatic carbocycles. The minimum atomic E-state index is -0.429. The molecule has 20 heavy (non-hydrogen) atoms. The van der Waals surface area contributed by atoms with Crippen molar-refractivity contribution in [1.29, 1.82) is 0 Å². The van der Waals surface area contributed by atoms with Gasteiger partial charge in [0.25, 0.3) is 5.91 Å². The molecule has 1 N–H and O–H groups in total. The Morgan fingerprint density at radius 1 is 1.35 bits per heavy atom. The van der Waals surface area contributed by atoms with Crippen LogP contribution in [-0.4, -0.2) is 13.0 Å². The lowest BCUT2D eigenvalue weighted by Crippen LogP contribution is -2.21. The summed E-state index contributed by atoms with van der Waals surface area (Å²) >= 11 is 1.46. The highest BCUT2D eigenvalue weighted by Gasteiger charge is 2.10. The Morgan fingerprint density at radius 2 is 2.10 bits per heavy atom. The third-order valence-electron chi connectivity index (χ3n) is 3.06. The second-order valence-electron chi connectivity index (χ2n) is 4.50. The van der Waals surface area contributed by atoms with E-state index in [1.165, 1.54) is 24.5 Å². The fourth-order valence-electron chi connectivity index (χ4n) is 1.77. The first-order chi connectivity index (χ1) is 9.51. The highest BCUT2D eigenvalue weighted by molar-refractivity contribution is 7.14. The number of benzene rings is 1. The predicted octanol–water partition coefficient (Wildman–Crippen LogP) is 3.44. The maximum atomic E-state index is 13.5. The van der Waals surface area contributed by atoms with Gasteiger partial charge in [-0.15, -0.1) is 11.3 Å². The Morgan fingerprint density at radius 3 is 2.65 bits per heavy atom. The number of halogens is 1. The summed E-state index contributed by atoms with van der Waals surface area (Å²) in [5.74, 6) is -0.367. The van der Waals surface area contributed by atoms with Gasteiger partial charge in [-0.25, -0.2) is 4.39 Å². The fraction of sp³-hybridized carbons (Fsp3) is 0.267.